The van der Waals surface area contributed by atoms with Crippen LogP contribution >= 0.6 is 11.6 Å². The van der Waals surface area contributed by atoms with E-state index < -0.39 is 22.1 Å². The lowest BCUT2D eigenvalue weighted by atomic mass is 10.0. The number of halogens is 1. The maximum atomic E-state index is 12.0. The molecule has 2 aliphatic rings. The van der Waals surface area contributed by atoms with Gasteiger partial charge in [-0.15, -0.1) is 0 Å². The van der Waals surface area contributed by atoms with E-state index in [1.807, 2.05) is 0 Å². The third-order valence-electron chi connectivity index (χ3n) is 3.50. The Morgan fingerprint density at radius 3 is 2.82 bits per heavy atom. The second-order valence-corrected chi connectivity index (χ2v) is 7.31. The summed E-state index contributed by atoms with van der Waals surface area (Å²) >= 11 is 6.17. The molecule has 1 saturated heterocycles. The molecule has 3 rings (SSSR count). The molecule has 2 N–H and O–H groups in total. The van der Waals surface area contributed by atoms with Crippen LogP contribution in [-0.2, 0) is 19.4 Å². The summed E-state index contributed by atoms with van der Waals surface area (Å²) in [4.78, 5) is 16.4. The van der Waals surface area contributed by atoms with Crippen molar-refractivity contribution in [3.05, 3.63) is 33.9 Å². The average molecular weight is 346 g/mol. The van der Waals surface area contributed by atoms with Crippen molar-refractivity contribution >= 4 is 33.1 Å². The van der Waals surface area contributed by atoms with Crippen LogP contribution in [0.4, 0.5) is 0 Å². The van der Waals surface area contributed by atoms with Crippen LogP contribution < -0.4 is 5.48 Å². The van der Waals surface area contributed by atoms with Gasteiger partial charge in [-0.05, 0) is 18.6 Å². The highest BCUT2D eigenvalue weighted by molar-refractivity contribution is 7.90. The number of hydrogen-bond acceptors (Lipinski definition) is 6. The number of carbonyl (C=O) groups is 1. The first-order valence-electron chi connectivity index (χ1n) is 6.33. The Balaban J connectivity index is 2.31. The van der Waals surface area contributed by atoms with E-state index in [1.165, 1.54) is 12.1 Å². The molecule has 2 aliphatic heterocycles. The molecule has 0 aromatic heterocycles. The summed E-state index contributed by atoms with van der Waals surface area (Å²) in [5.41, 5.74) is 3.61. The number of ether oxygens (including phenoxy) is 1. The van der Waals surface area contributed by atoms with E-state index >= 15 is 0 Å². The van der Waals surface area contributed by atoms with Crippen molar-refractivity contribution in [2.45, 2.75) is 17.6 Å². The van der Waals surface area contributed by atoms with Crippen molar-refractivity contribution in [3.63, 3.8) is 0 Å². The van der Waals surface area contributed by atoms with Gasteiger partial charge in [0.1, 0.15) is 0 Å². The summed E-state index contributed by atoms with van der Waals surface area (Å²) < 4.78 is 29.3. The van der Waals surface area contributed by atoms with Gasteiger partial charge >= 0.3 is 5.97 Å². The number of benzene rings is 1. The fraction of sp³-hybridized carbons (Fsp3) is 0.308. The van der Waals surface area contributed by atoms with Gasteiger partial charge in [0.2, 0.25) is 6.29 Å². The molecule has 0 bridgehead atoms. The second kappa shape index (κ2) is 5.24. The Labute approximate surface area is 131 Å². The zero-order chi connectivity index (χ0) is 16.1. The molecule has 0 spiro atoms. The number of rotatable bonds is 3. The number of carboxylic acids is 1. The molecule has 0 radical (unpaired) electrons. The molecule has 0 aliphatic carbocycles. The van der Waals surface area contributed by atoms with Gasteiger partial charge in [-0.2, -0.15) is 0 Å². The molecule has 0 amide bonds. The van der Waals surface area contributed by atoms with Gasteiger partial charge in [0.15, 0.2) is 9.84 Å². The van der Waals surface area contributed by atoms with Gasteiger partial charge in [0, 0.05) is 17.4 Å². The molecule has 7 nitrogen and oxygen atoms in total. The molecule has 22 heavy (non-hydrogen) atoms. The molecular formula is C13H12ClNO6S. The number of hydroxylamine groups is 1. The predicted octanol–water partition coefficient (Wildman–Crippen LogP) is 1.43. The third kappa shape index (κ3) is 2.38. The third-order valence-corrected chi connectivity index (χ3v) is 5.03. The minimum Gasteiger partial charge on any atom is -0.478 e. The minimum absolute atomic E-state index is 0.0614. The van der Waals surface area contributed by atoms with Crippen molar-refractivity contribution < 1.29 is 27.9 Å². The van der Waals surface area contributed by atoms with E-state index in [-0.39, 0.29) is 21.0 Å². The van der Waals surface area contributed by atoms with Crippen LogP contribution in [0.3, 0.4) is 0 Å². The SMILES string of the molecule is CS(=O)(=O)c1ccc(C(=O)O)c(Cl)c1C1=C2CCOC2ON1. The standard InChI is InChI=1S/C13H12ClNO6S/c1-22(18,19)8-3-2-6(12(16)17)10(14)9(8)11-7-4-5-20-13(7)21-15-11/h2-3,13,15H,4-5H2,1H3,(H,16,17). The summed E-state index contributed by atoms with van der Waals surface area (Å²) in [7, 11) is -3.61. The van der Waals surface area contributed by atoms with Crippen LogP contribution in [0.15, 0.2) is 22.6 Å². The number of hydrogen-bond donors (Lipinski definition) is 2. The summed E-state index contributed by atoms with van der Waals surface area (Å²) in [6.07, 6.45) is 0.975. The monoisotopic (exact) mass is 345 g/mol. The Morgan fingerprint density at radius 1 is 1.45 bits per heavy atom. The maximum absolute atomic E-state index is 12.0. The van der Waals surface area contributed by atoms with Gasteiger partial charge in [-0.25, -0.2) is 18.0 Å². The Kier molecular flexibility index (Phi) is 3.64. The van der Waals surface area contributed by atoms with E-state index in [9.17, 15) is 18.3 Å². The highest BCUT2D eigenvalue weighted by atomic mass is 35.5. The molecule has 2 heterocycles. The largest absolute Gasteiger partial charge is 0.478 e. The quantitative estimate of drug-likeness (QED) is 0.854. The number of aromatic carboxylic acids is 1. The van der Waals surface area contributed by atoms with E-state index in [0.29, 0.717) is 24.3 Å². The van der Waals surface area contributed by atoms with Crippen LogP contribution in [0.25, 0.3) is 5.70 Å². The van der Waals surface area contributed by atoms with Crippen LogP contribution in [0, 0.1) is 0 Å². The van der Waals surface area contributed by atoms with E-state index in [2.05, 4.69) is 5.48 Å². The lowest BCUT2D eigenvalue weighted by Crippen LogP contribution is -2.15. The van der Waals surface area contributed by atoms with Gasteiger partial charge in [-0.1, -0.05) is 11.6 Å². The van der Waals surface area contributed by atoms with E-state index in [4.69, 9.17) is 21.2 Å². The Bertz CT molecular complexity index is 801. The van der Waals surface area contributed by atoms with Crippen LogP contribution in [0.5, 0.6) is 0 Å². The van der Waals surface area contributed by atoms with Crippen LogP contribution in [0.2, 0.25) is 5.02 Å². The number of fused-ring (bicyclic) bond motifs is 1. The zero-order valence-electron chi connectivity index (χ0n) is 11.4. The van der Waals surface area contributed by atoms with Crippen molar-refractivity contribution in [1.82, 2.24) is 5.48 Å². The van der Waals surface area contributed by atoms with E-state index in [1.54, 1.807) is 0 Å². The van der Waals surface area contributed by atoms with Crippen LogP contribution in [-0.4, -0.2) is 38.6 Å². The molecule has 0 saturated carbocycles. The first-order valence-corrected chi connectivity index (χ1v) is 8.60. The molecule has 1 unspecified atom stereocenters. The highest BCUT2D eigenvalue weighted by Crippen LogP contribution is 2.39. The molecule has 1 atom stereocenters. The Hall–Kier alpha value is -1.61. The highest BCUT2D eigenvalue weighted by Gasteiger charge is 2.36. The van der Waals surface area contributed by atoms with Gasteiger partial charge in [-0.3, -0.25) is 5.48 Å². The molecule has 9 heteroatoms. The number of sulfone groups is 1. The maximum Gasteiger partial charge on any atom is 0.337 e. The lowest BCUT2D eigenvalue weighted by Gasteiger charge is -2.14. The van der Waals surface area contributed by atoms with Crippen molar-refractivity contribution in [3.8, 4) is 0 Å². The first kappa shape index (κ1) is 15.3. The topological polar surface area (TPSA) is 102 Å². The number of carboxylic acid groups (broad SMARTS) is 1. The molecule has 1 fully saturated rings. The normalized spacial score (nSPS) is 20.9. The van der Waals surface area contributed by atoms with Crippen molar-refractivity contribution in [1.29, 1.82) is 0 Å². The minimum atomic E-state index is -3.61. The summed E-state index contributed by atoms with van der Waals surface area (Å²) in [6, 6.07) is 2.41. The van der Waals surface area contributed by atoms with Crippen LogP contribution in [0.1, 0.15) is 22.3 Å². The smallest absolute Gasteiger partial charge is 0.337 e. The van der Waals surface area contributed by atoms with Gasteiger partial charge < -0.3 is 9.84 Å². The van der Waals surface area contributed by atoms with Gasteiger partial charge in [0.05, 0.1) is 27.8 Å². The van der Waals surface area contributed by atoms with Crippen molar-refractivity contribution in [2.75, 3.05) is 12.9 Å². The summed E-state index contributed by atoms with van der Waals surface area (Å²) in [6.45, 7) is 0.440. The van der Waals surface area contributed by atoms with Crippen molar-refractivity contribution in [2.24, 2.45) is 0 Å². The molecule has 1 aromatic carbocycles. The first-order chi connectivity index (χ1) is 10.3. The average Bonchev–Trinajstić information content (AvgIpc) is 2.99. The fourth-order valence-electron chi connectivity index (χ4n) is 2.50. The van der Waals surface area contributed by atoms with E-state index in [0.717, 1.165) is 6.26 Å². The lowest BCUT2D eigenvalue weighted by molar-refractivity contribution is -0.109. The Morgan fingerprint density at radius 2 is 2.18 bits per heavy atom. The predicted molar refractivity (Wildman–Crippen MR) is 77.0 cm³/mol. The molecule has 118 valence electrons. The second-order valence-electron chi connectivity index (χ2n) is 4.95. The summed E-state index contributed by atoms with van der Waals surface area (Å²) in [5, 5.41) is 9.04. The summed E-state index contributed by atoms with van der Waals surface area (Å²) in [5.74, 6) is -1.24. The fourth-order valence-corrected chi connectivity index (χ4v) is 3.78. The molecule has 1 aromatic rings. The molecular weight excluding hydrogens is 334 g/mol. The number of nitrogens with one attached hydrogen (secondary N) is 1. The van der Waals surface area contributed by atoms with Gasteiger partial charge in [0.25, 0.3) is 0 Å². The zero-order valence-corrected chi connectivity index (χ0v) is 13.0.